The second-order valence-corrected chi connectivity index (χ2v) is 11.6. The maximum Gasteiger partial charge on any atom is 0.247 e. The number of methoxy groups -OCH3 is 1. The highest BCUT2D eigenvalue weighted by Gasteiger charge is 2.50. The molecular weight excluding hydrogens is 460 g/mol. The van der Waals surface area contributed by atoms with Crippen molar-refractivity contribution in [2.75, 3.05) is 24.0 Å². The third-order valence-electron chi connectivity index (χ3n) is 5.16. The largest absolute Gasteiger partial charge is 0.495 e. The van der Waals surface area contributed by atoms with Crippen molar-refractivity contribution < 1.29 is 35.8 Å². The summed E-state index contributed by atoms with van der Waals surface area (Å²) < 4.78 is 70.1. The number of nitrogens with zero attached hydrogens (tertiary/aromatic N) is 1. The second-order valence-electron chi connectivity index (χ2n) is 8.06. The van der Waals surface area contributed by atoms with E-state index in [0.717, 1.165) is 6.07 Å². The number of fused-ring (bicyclic) bond motifs is 1. The third-order valence-corrected chi connectivity index (χ3v) is 8.60. The molecule has 0 spiro atoms. The van der Waals surface area contributed by atoms with E-state index >= 15 is 0 Å². The first kappa shape index (κ1) is 22.4. The van der Waals surface area contributed by atoms with E-state index in [1.807, 2.05) is 0 Å². The van der Waals surface area contributed by atoms with Crippen LogP contribution in [0.5, 0.6) is 17.2 Å². The molecule has 2 heterocycles. The number of benzene rings is 2. The molecule has 10 nitrogen and oxygen atoms in total. The Hall–Kier alpha value is -2.83. The van der Waals surface area contributed by atoms with Crippen molar-refractivity contribution in [2.45, 2.75) is 25.3 Å². The molecule has 172 valence electrons. The zero-order chi connectivity index (χ0) is 23.3. The summed E-state index contributed by atoms with van der Waals surface area (Å²) in [6.45, 7) is 3.10. The highest BCUT2D eigenvalue weighted by molar-refractivity contribution is 7.94. The van der Waals surface area contributed by atoms with Crippen molar-refractivity contribution in [3.05, 3.63) is 42.0 Å². The summed E-state index contributed by atoms with van der Waals surface area (Å²) in [6.07, 6.45) is 0. The van der Waals surface area contributed by atoms with E-state index < -0.39 is 31.4 Å². The van der Waals surface area contributed by atoms with Crippen molar-refractivity contribution in [1.82, 2.24) is 4.72 Å². The fraction of sp³-hybridized carbons (Fsp3) is 0.350. The van der Waals surface area contributed by atoms with Crippen LogP contribution in [0, 0.1) is 5.41 Å². The van der Waals surface area contributed by atoms with Crippen LogP contribution in [0.1, 0.15) is 19.4 Å². The number of sulfonamides is 2. The first-order chi connectivity index (χ1) is 14.9. The fourth-order valence-corrected chi connectivity index (χ4v) is 6.87. The maximum absolute atomic E-state index is 13.1. The van der Waals surface area contributed by atoms with Crippen molar-refractivity contribution >= 4 is 31.6 Å². The van der Waals surface area contributed by atoms with E-state index in [2.05, 4.69) is 4.72 Å². The Kier molecular flexibility index (Phi) is 5.34. The number of rotatable bonds is 6. The van der Waals surface area contributed by atoms with Crippen LogP contribution in [0.4, 0.5) is 5.69 Å². The fourth-order valence-electron chi connectivity index (χ4n) is 3.57. The van der Waals surface area contributed by atoms with Gasteiger partial charge in [0.15, 0.2) is 11.5 Å². The molecule has 2 aliphatic rings. The molecule has 1 N–H and O–H groups in total. The molecule has 0 atom stereocenters. The molecule has 0 bridgehead atoms. The summed E-state index contributed by atoms with van der Waals surface area (Å²) in [4.78, 5) is 12.4. The van der Waals surface area contributed by atoms with Gasteiger partial charge >= 0.3 is 0 Å². The van der Waals surface area contributed by atoms with Gasteiger partial charge in [0.25, 0.3) is 0 Å². The van der Waals surface area contributed by atoms with Crippen molar-refractivity contribution in [1.29, 1.82) is 0 Å². The van der Waals surface area contributed by atoms with Crippen molar-refractivity contribution in [2.24, 2.45) is 5.41 Å². The van der Waals surface area contributed by atoms with E-state index in [1.54, 1.807) is 18.2 Å². The van der Waals surface area contributed by atoms with Gasteiger partial charge in [-0.1, -0.05) is 6.07 Å². The molecule has 4 rings (SSSR count). The summed E-state index contributed by atoms with van der Waals surface area (Å²) in [6, 6.07) is 8.82. The zero-order valence-electron chi connectivity index (χ0n) is 17.6. The smallest absolute Gasteiger partial charge is 0.247 e. The standard InChI is InChI=1S/C20H22N2O8S2/c1-20(2)11-31(24,25)22(19(20)23)14-5-7-16(28-3)18(9-14)32(26,27)21-10-13-4-6-15-17(8-13)30-12-29-15/h4-9,21H,10-12H2,1-3H3. The summed E-state index contributed by atoms with van der Waals surface area (Å²) in [7, 11) is -6.77. The Labute approximate surface area is 186 Å². The van der Waals surface area contributed by atoms with E-state index in [-0.39, 0.29) is 35.4 Å². The average molecular weight is 483 g/mol. The zero-order valence-corrected chi connectivity index (χ0v) is 19.2. The van der Waals surface area contributed by atoms with Gasteiger partial charge in [-0.15, -0.1) is 0 Å². The molecule has 0 unspecified atom stereocenters. The predicted octanol–water partition coefficient (Wildman–Crippen LogP) is 1.60. The molecule has 2 aromatic rings. The van der Waals surface area contributed by atoms with Crippen LogP contribution in [0.25, 0.3) is 0 Å². The molecule has 0 aliphatic carbocycles. The van der Waals surface area contributed by atoms with Gasteiger partial charge in [0, 0.05) is 6.54 Å². The van der Waals surface area contributed by atoms with Gasteiger partial charge < -0.3 is 14.2 Å². The molecule has 32 heavy (non-hydrogen) atoms. The number of hydrogen-bond acceptors (Lipinski definition) is 8. The van der Waals surface area contributed by atoms with Crippen LogP contribution in [-0.4, -0.2) is 42.4 Å². The van der Waals surface area contributed by atoms with Crippen LogP contribution in [-0.2, 0) is 31.4 Å². The molecule has 1 fully saturated rings. The first-order valence-electron chi connectivity index (χ1n) is 9.58. The molecule has 0 radical (unpaired) electrons. The molecule has 1 amide bonds. The number of ether oxygens (including phenoxy) is 3. The molecule has 1 saturated heterocycles. The lowest BCUT2D eigenvalue weighted by molar-refractivity contribution is -0.123. The molecule has 0 aromatic heterocycles. The van der Waals surface area contributed by atoms with Gasteiger partial charge in [-0.3, -0.25) is 4.79 Å². The quantitative estimate of drug-likeness (QED) is 0.658. The van der Waals surface area contributed by atoms with E-state index in [1.165, 1.54) is 33.1 Å². The molecule has 2 aliphatic heterocycles. The van der Waals surface area contributed by atoms with Gasteiger partial charge in [0.05, 0.1) is 24.0 Å². The Bertz CT molecular complexity index is 1300. The first-order valence-corrected chi connectivity index (χ1v) is 12.7. The number of carbonyl (C=O) groups excluding carboxylic acids is 1. The topological polar surface area (TPSA) is 128 Å². The number of anilines is 1. The lowest BCUT2D eigenvalue weighted by atomic mass is 9.95. The third kappa shape index (κ3) is 3.89. The Morgan fingerprint density at radius 1 is 1.12 bits per heavy atom. The molecule has 0 saturated carbocycles. The van der Waals surface area contributed by atoms with Crippen LogP contribution in [0.2, 0.25) is 0 Å². The van der Waals surface area contributed by atoms with Gasteiger partial charge in [-0.25, -0.2) is 25.9 Å². The number of amides is 1. The predicted molar refractivity (Wildman–Crippen MR) is 115 cm³/mol. The maximum atomic E-state index is 13.1. The minimum absolute atomic E-state index is 0.00948. The Morgan fingerprint density at radius 2 is 1.84 bits per heavy atom. The Morgan fingerprint density at radius 3 is 2.50 bits per heavy atom. The summed E-state index contributed by atoms with van der Waals surface area (Å²) in [5, 5.41) is 0. The number of carbonyl (C=O) groups is 1. The molecular formula is C20H22N2O8S2. The summed E-state index contributed by atoms with van der Waals surface area (Å²) >= 11 is 0. The minimum Gasteiger partial charge on any atom is -0.495 e. The van der Waals surface area contributed by atoms with E-state index in [9.17, 15) is 21.6 Å². The van der Waals surface area contributed by atoms with Gasteiger partial charge in [0.2, 0.25) is 32.7 Å². The van der Waals surface area contributed by atoms with Crippen LogP contribution in [0.15, 0.2) is 41.3 Å². The molecule has 12 heteroatoms. The SMILES string of the molecule is COc1ccc(N2C(=O)C(C)(C)CS2(=O)=O)cc1S(=O)(=O)NCc1ccc2c(c1)OCO2. The van der Waals surface area contributed by atoms with Crippen LogP contribution >= 0.6 is 0 Å². The monoisotopic (exact) mass is 482 g/mol. The van der Waals surface area contributed by atoms with Crippen LogP contribution < -0.4 is 23.2 Å². The second kappa shape index (κ2) is 7.64. The van der Waals surface area contributed by atoms with E-state index in [4.69, 9.17) is 14.2 Å². The number of nitrogens with one attached hydrogen (secondary N) is 1. The highest BCUT2D eigenvalue weighted by Crippen LogP contribution is 2.38. The minimum atomic E-state index is -4.13. The van der Waals surface area contributed by atoms with Crippen LogP contribution in [0.3, 0.4) is 0 Å². The summed E-state index contributed by atoms with van der Waals surface area (Å²) in [5.74, 6) is 0.108. The van der Waals surface area contributed by atoms with E-state index in [0.29, 0.717) is 21.4 Å². The van der Waals surface area contributed by atoms with Gasteiger partial charge in [-0.2, -0.15) is 0 Å². The summed E-state index contributed by atoms with van der Waals surface area (Å²) in [5.41, 5.74) is -0.549. The van der Waals surface area contributed by atoms with Crippen molar-refractivity contribution in [3.8, 4) is 17.2 Å². The average Bonchev–Trinajstić information content (AvgIpc) is 3.25. The Balaban J connectivity index is 1.65. The van der Waals surface area contributed by atoms with Gasteiger partial charge in [-0.05, 0) is 49.7 Å². The number of hydrogen-bond donors (Lipinski definition) is 1. The lowest BCUT2D eigenvalue weighted by Gasteiger charge is -2.19. The lowest BCUT2D eigenvalue weighted by Crippen LogP contribution is -2.33. The van der Waals surface area contributed by atoms with Gasteiger partial charge in [0.1, 0.15) is 10.6 Å². The van der Waals surface area contributed by atoms with Crippen molar-refractivity contribution in [3.63, 3.8) is 0 Å². The normalized spacial score (nSPS) is 18.7. The molecule has 2 aromatic carbocycles. The highest BCUT2D eigenvalue weighted by atomic mass is 32.2.